The Labute approximate surface area is 106 Å². The molecule has 2 rings (SSSR count). The molecule has 1 aromatic heterocycles. The highest BCUT2D eigenvalue weighted by Crippen LogP contribution is 2.14. The van der Waals surface area contributed by atoms with Crippen LogP contribution < -0.4 is 5.32 Å². The van der Waals surface area contributed by atoms with Crippen LogP contribution in [0, 0.1) is 0 Å². The van der Waals surface area contributed by atoms with Gasteiger partial charge in [-0.2, -0.15) is 0 Å². The fourth-order valence-electron chi connectivity index (χ4n) is 1.83. The average molecular weight is 250 g/mol. The van der Waals surface area contributed by atoms with Crippen LogP contribution in [0.2, 0.25) is 0 Å². The third kappa shape index (κ3) is 3.30. The van der Waals surface area contributed by atoms with E-state index >= 15 is 0 Å². The van der Waals surface area contributed by atoms with Crippen LogP contribution in [0.4, 0.5) is 5.82 Å². The van der Waals surface area contributed by atoms with Crippen LogP contribution >= 0.6 is 11.6 Å². The van der Waals surface area contributed by atoms with E-state index in [1.165, 1.54) is 0 Å². The standard InChI is InChI=1S/C13H16ClN3/c1-9(14)7-10(2)16-13-8-15-11-5-3-4-6-12(11)17-13/h3-6,8-10H,7H2,1-2H3,(H,16,17). The maximum Gasteiger partial charge on any atom is 0.145 e. The van der Waals surface area contributed by atoms with Gasteiger partial charge in [0.15, 0.2) is 0 Å². The van der Waals surface area contributed by atoms with Crippen molar-refractivity contribution in [3.63, 3.8) is 0 Å². The molecule has 17 heavy (non-hydrogen) atoms. The van der Waals surface area contributed by atoms with E-state index in [1.807, 2.05) is 31.2 Å². The smallest absolute Gasteiger partial charge is 0.145 e. The fourth-order valence-corrected chi connectivity index (χ4v) is 2.09. The van der Waals surface area contributed by atoms with Gasteiger partial charge in [0.2, 0.25) is 0 Å². The van der Waals surface area contributed by atoms with Crippen molar-refractivity contribution in [2.75, 3.05) is 5.32 Å². The molecule has 0 fully saturated rings. The quantitative estimate of drug-likeness (QED) is 0.844. The van der Waals surface area contributed by atoms with Crippen molar-refractivity contribution in [2.24, 2.45) is 0 Å². The molecule has 2 unspecified atom stereocenters. The molecule has 1 N–H and O–H groups in total. The predicted octanol–water partition coefficient (Wildman–Crippen LogP) is 3.45. The Balaban J connectivity index is 2.14. The van der Waals surface area contributed by atoms with Gasteiger partial charge >= 0.3 is 0 Å². The van der Waals surface area contributed by atoms with Crippen molar-refractivity contribution in [3.05, 3.63) is 30.5 Å². The number of aromatic nitrogens is 2. The maximum absolute atomic E-state index is 5.96. The van der Waals surface area contributed by atoms with Crippen LogP contribution in [0.3, 0.4) is 0 Å². The highest BCUT2D eigenvalue weighted by atomic mass is 35.5. The first-order valence-electron chi connectivity index (χ1n) is 5.77. The third-order valence-corrected chi connectivity index (χ3v) is 2.70. The number of alkyl halides is 1. The first-order chi connectivity index (χ1) is 8.15. The van der Waals surface area contributed by atoms with Crippen molar-refractivity contribution in [2.45, 2.75) is 31.7 Å². The van der Waals surface area contributed by atoms with Gasteiger partial charge in [0, 0.05) is 11.4 Å². The van der Waals surface area contributed by atoms with Crippen molar-refractivity contribution < 1.29 is 0 Å². The second-order valence-corrected chi connectivity index (χ2v) is 5.05. The zero-order valence-electron chi connectivity index (χ0n) is 10.0. The predicted molar refractivity (Wildman–Crippen MR) is 72.6 cm³/mol. The normalized spacial score (nSPS) is 14.5. The molecular formula is C13H16ClN3. The number of rotatable bonds is 4. The molecule has 0 saturated carbocycles. The van der Waals surface area contributed by atoms with E-state index in [2.05, 4.69) is 22.2 Å². The molecule has 3 nitrogen and oxygen atoms in total. The number of fused-ring (bicyclic) bond motifs is 1. The second-order valence-electron chi connectivity index (χ2n) is 4.31. The van der Waals surface area contributed by atoms with Crippen LogP contribution in [-0.2, 0) is 0 Å². The number of para-hydroxylation sites is 2. The van der Waals surface area contributed by atoms with Gasteiger partial charge in [-0.1, -0.05) is 12.1 Å². The number of nitrogens with one attached hydrogen (secondary N) is 1. The first-order valence-corrected chi connectivity index (χ1v) is 6.21. The zero-order valence-corrected chi connectivity index (χ0v) is 10.8. The highest BCUT2D eigenvalue weighted by molar-refractivity contribution is 6.20. The number of nitrogens with zero attached hydrogens (tertiary/aromatic N) is 2. The summed E-state index contributed by atoms with van der Waals surface area (Å²) in [6.45, 7) is 4.08. The van der Waals surface area contributed by atoms with Gasteiger partial charge in [-0.15, -0.1) is 11.6 Å². The van der Waals surface area contributed by atoms with Gasteiger partial charge in [0.05, 0.1) is 17.2 Å². The number of halogens is 1. The SMILES string of the molecule is CC(Cl)CC(C)Nc1cnc2ccccc2n1. The van der Waals surface area contributed by atoms with Crippen LogP contribution in [0.25, 0.3) is 11.0 Å². The molecule has 1 aromatic carbocycles. The molecule has 0 amide bonds. The first kappa shape index (κ1) is 12.1. The highest BCUT2D eigenvalue weighted by Gasteiger charge is 2.07. The molecule has 0 saturated heterocycles. The van der Waals surface area contributed by atoms with Crippen molar-refractivity contribution in [1.29, 1.82) is 0 Å². The molecule has 0 bridgehead atoms. The van der Waals surface area contributed by atoms with Gasteiger partial charge < -0.3 is 5.32 Å². The zero-order chi connectivity index (χ0) is 12.3. The molecule has 0 aliphatic carbocycles. The van der Waals surface area contributed by atoms with Gasteiger partial charge in [-0.05, 0) is 32.4 Å². The van der Waals surface area contributed by atoms with E-state index in [0.29, 0.717) is 0 Å². The number of anilines is 1. The van der Waals surface area contributed by atoms with Crippen molar-refractivity contribution >= 4 is 28.5 Å². The van der Waals surface area contributed by atoms with Gasteiger partial charge in [0.1, 0.15) is 5.82 Å². The van der Waals surface area contributed by atoms with E-state index in [4.69, 9.17) is 11.6 Å². The van der Waals surface area contributed by atoms with Crippen LogP contribution in [0.1, 0.15) is 20.3 Å². The lowest BCUT2D eigenvalue weighted by Crippen LogP contribution is -2.19. The van der Waals surface area contributed by atoms with E-state index < -0.39 is 0 Å². The van der Waals surface area contributed by atoms with Gasteiger partial charge in [-0.3, -0.25) is 4.98 Å². The summed E-state index contributed by atoms with van der Waals surface area (Å²) in [5.74, 6) is 0.800. The third-order valence-electron chi connectivity index (χ3n) is 2.52. The van der Waals surface area contributed by atoms with Crippen LogP contribution in [-0.4, -0.2) is 21.4 Å². The molecule has 0 aliphatic heterocycles. The molecular weight excluding hydrogens is 234 g/mol. The topological polar surface area (TPSA) is 37.8 Å². The minimum absolute atomic E-state index is 0.158. The minimum atomic E-state index is 0.158. The number of hydrogen-bond acceptors (Lipinski definition) is 3. The van der Waals surface area contributed by atoms with Crippen molar-refractivity contribution in [1.82, 2.24) is 9.97 Å². The lowest BCUT2D eigenvalue weighted by Gasteiger charge is -2.15. The summed E-state index contributed by atoms with van der Waals surface area (Å²) in [6, 6.07) is 8.13. The lowest BCUT2D eigenvalue weighted by molar-refractivity contribution is 0.693. The van der Waals surface area contributed by atoms with Gasteiger partial charge in [0.25, 0.3) is 0 Å². The number of benzene rings is 1. The molecule has 0 radical (unpaired) electrons. The maximum atomic E-state index is 5.96. The van der Waals surface area contributed by atoms with E-state index in [0.717, 1.165) is 23.3 Å². The molecule has 0 aliphatic rings. The van der Waals surface area contributed by atoms with Crippen LogP contribution in [0.5, 0.6) is 0 Å². The Kier molecular flexibility index (Phi) is 3.79. The summed E-state index contributed by atoms with van der Waals surface area (Å²) >= 11 is 5.96. The fraction of sp³-hybridized carbons (Fsp3) is 0.385. The second kappa shape index (κ2) is 5.32. The van der Waals surface area contributed by atoms with Crippen molar-refractivity contribution in [3.8, 4) is 0 Å². The summed E-state index contributed by atoms with van der Waals surface area (Å²) in [5, 5.41) is 3.47. The Morgan fingerprint density at radius 3 is 2.65 bits per heavy atom. The van der Waals surface area contributed by atoms with E-state index in [9.17, 15) is 0 Å². The minimum Gasteiger partial charge on any atom is -0.366 e. The Bertz CT molecular complexity index is 499. The largest absolute Gasteiger partial charge is 0.366 e. The summed E-state index contributed by atoms with van der Waals surface area (Å²) in [4.78, 5) is 8.86. The van der Waals surface area contributed by atoms with E-state index in [-0.39, 0.29) is 11.4 Å². The molecule has 90 valence electrons. The Hall–Kier alpha value is -1.35. The van der Waals surface area contributed by atoms with Gasteiger partial charge in [-0.25, -0.2) is 4.98 Å². The summed E-state index contributed by atoms with van der Waals surface area (Å²) in [6.07, 6.45) is 2.66. The lowest BCUT2D eigenvalue weighted by atomic mass is 10.2. The number of hydrogen-bond donors (Lipinski definition) is 1. The van der Waals surface area contributed by atoms with E-state index in [1.54, 1.807) is 6.20 Å². The average Bonchev–Trinajstić information content (AvgIpc) is 2.27. The summed E-state index contributed by atoms with van der Waals surface area (Å²) in [7, 11) is 0. The molecule has 2 aromatic rings. The summed E-state index contributed by atoms with van der Waals surface area (Å²) in [5.41, 5.74) is 1.82. The monoisotopic (exact) mass is 249 g/mol. The molecule has 2 atom stereocenters. The summed E-state index contributed by atoms with van der Waals surface area (Å²) < 4.78 is 0. The molecule has 0 spiro atoms. The molecule has 4 heteroatoms. The van der Waals surface area contributed by atoms with Crippen LogP contribution in [0.15, 0.2) is 30.5 Å². The Morgan fingerprint density at radius 2 is 1.94 bits per heavy atom. The Morgan fingerprint density at radius 1 is 1.24 bits per heavy atom. The molecule has 1 heterocycles.